The summed E-state index contributed by atoms with van der Waals surface area (Å²) in [4.78, 5) is 0. The fourth-order valence-electron chi connectivity index (χ4n) is 0.616. The van der Waals surface area contributed by atoms with Crippen LogP contribution in [0.4, 0.5) is 0 Å². The average molecular weight is 126 g/mol. The van der Waals surface area contributed by atoms with Crippen molar-refractivity contribution in [2.45, 2.75) is 32.8 Å². The lowest BCUT2D eigenvalue weighted by molar-refractivity contribution is 0.198. The molecule has 0 aromatic rings. The van der Waals surface area contributed by atoms with Gasteiger partial charge < -0.3 is 5.11 Å². The van der Waals surface area contributed by atoms with Gasteiger partial charge in [-0.2, -0.15) is 0 Å². The molecule has 0 fully saturated rings. The molecule has 0 saturated carbocycles. The number of aliphatic hydroxyl groups excluding tert-OH is 1. The van der Waals surface area contributed by atoms with Gasteiger partial charge in [-0.25, -0.2) is 0 Å². The van der Waals surface area contributed by atoms with Gasteiger partial charge in [-0.3, -0.25) is 0 Å². The Balaban J connectivity index is 3.37. The third-order valence-electron chi connectivity index (χ3n) is 1.51. The summed E-state index contributed by atoms with van der Waals surface area (Å²) in [7, 11) is 0. The van der Waals surface area contributed by atoms with Gasteiger partial charge in [-0.1, -0.05) is 26.2 Å². The fourth-order valence-corrected chi connectivity index (χ4v) is 0.616. The van der Waals surface area contributed by atoms with Crippen LogP contribution in [0.5, 0.6) is 0 Å². The first kappa shape index (κ1) is 8.52. The highest BCUT2D eigenvalue weighted by Crippen LogP contribution is 2.08. The molecule has 0 amide bonds. The molecule has 0 aromatic carbocycles. The molecule has 0 aromatic heterocycles. The molecule has 0 bridgehead atoms. The lowest BCUT2D eigenvalue weighted by Gasteiger charge is -2.08. The van der Waals surface area contributed by atoms with Gasteiger partial charge in [0.25, 0.3) is 0 Å². The predicted octanol–water partition coefficient (Wildman–Crippen LogP) is 1.42. The van der Waals surface area contributed by atoms with Gasteiger partial charge in [0.1, 0.15) is 6.10 Å². The van der Waals surface area contributed by atoms with Crippen LogP contribution < -0.4 is 0 Å². The molecule has 1 nitrogen and oxygen atoms in total. The molecule has 0 heterocycles. The van der Waals surface area contributed by atoms with Gasteiger partial charge in [-0.05, 0) is 12.3 Å². The molecule has 9 heavy (non-hydrogen) atoms. The molecule has 2 atom stereocenters. The quantitative estimate of drug-likeness (QED) is 0.567. The lowest BCUT2D eigenvalue weighted by Crippen LogP contribution is -2.07. The molecular formula is C8H14O. The summed E-state index contributed by atoms with van der Waals surface area (Å²) in [5, 5.41) is 8.92. The molecule has 1 N–H and O–H groups in total. The Kier molecular flexibility index (Phi) is 4.17. The molecule has 2 unspecified atom stereocenters. The van der Waals surface area contributed by atoms with Gasteiger partial charge in [0, 0.05) is 0 Å². The molecule has 0 aliphatic heterocycles. The van der Waals surface area contributed by atoms with E-state index in [1.54, 1.807) is 0 Å². The fraction of sp³-hybridized carbons (Fsp3) is 0.750. The van der Waals surface area contributed by atoms with E-state index >= 15 is 0 Å². The van der Waals surface area contributed by atoms with Crippen molar-refractivity contribution in [2.75, 3.05) is 0 Å². The van der Waals surface area contributed by atoms with Gasteiger partial charge in [0.05, 0.1) is 0 Å². The number of rotatable bonds is 3. The Morgan fingerprint density at radius 2 is 2.22 bits per heavy atom. The Morgan fingerprint density at radius 3 is 2.56 bits per heavy atom. The van der Waals surface area contributed by atoms with Crippen molar-refractivity contribution in [2.24, 2.45) is 5.92 Å². The maximum absolute atomic E-state index is 8.92. The van der Waals surface area contributed by atoms with E-state index in [9.17, 15) is 0 Å². The molecule has 0 radical (unpaired) electrons. The minimum Gasteiger partial charge on any atom is -0.380 e. The predicted molar refractivity (Wildman–Crippen MR) is 38.9 cm³/mol. The molecular weight excluding hydrogens is 112 g/mol. The van der Waals surface area contributed by atoms with Crippen LogP contribution in [0.25, 0.3) is 0 Å². The smallest absolute Gasteiger partial charge is 0.114 e. The lowest BCUT2D eigenvalue weighted by atomic mass is 10.0. The Hall–Kier alpha value is -0.480. The third kappa shape index (κ3) is 4.05. The van der Waals surface area contributed by atoms with Gasteiger partial charge in [-0.15, -0.1) is 6.42 Å². The molecule has 0 spiro atoms. The molecule has 0 saturated heterocycles. The molecule has 0 aliphatic carbocycles. The first-order valence-corrected chi connectivity index (χ1v) is 3.34. The van der Waals surface area contributed by atoms with Crippen LogP contribution in [0.1, 0.15) is 26.7 Å². The highest BCUT2D eigenvalue weighted by Gasteiger charge is 2.03. The van der Waals surface area contributed by atoms with Gasteiger partial charge in [0.2, 0.25) is 0 Å². The second-order valence-electron chi connectivity index (χ2n) is 2.43. The van der Waals surface area contributed by atoms with Gasteiger partial charge >= 0.3 is 0 Å². The van der Waals surface area contributed by atoms with E-state index in [1.165, 1.54) is 0 Å². The standard InChI is InChI=1S/C8H14O/c1-4-7(3)6-8(9)5-2/h2,7-9H,4,6H2,1,3H3. The van der Waals surface area contributed by atoms with E-state index in [-0.39, 0.29) is 0 Å². The SMILES string of the molecule is C#CC(O)CC(C)CC. The molecule has 1 heteroatoms. The molecule has 0 rings (SSSR count). The summed E-state index contributed by atoms with van der Waals surface area (Å²) >= 11 is 0. The number of hydrogen-bond donors (Lipinski definition) is 1. The van der Waals surface area contributed by atoms with E-state index in [1.807, 2.05) is 0 Å². The zero-order valence-corrected chi connectivity index (χ0v) is 6.09. The van der Waals surface area contributed by atoms with E-state index in [2.05, 4.69) is 19.8 Å². The summed E-state index contributed by atoms with van der Waals surface area (Å²) < 4.78 is 0. The van der Waals surface area contributed by atoms with Crippen molar-refractivity contribution in [1.29, 1.82) is 0 Å². The monoisotopic (exact) mass is 126 g/mol. The Morgan fingerprint density at radius 1 is 1.67 bits per heavy atom. The first-order valence-electron chi connectivity index (χ1n) is 3.34. The second-order valence-corrected chi connectivity index (χ2v) is 2.43. The average Bonchev–Trinajstić information content (AvgIpc) is 1.87. The Labute approximate surface area is 57.1 Å². The molecule has 52 valence electrons. The van der Waals surface area contributed by atoms with Crippen LogP contribution in [0.3, 0.4) is 0 Å². The van der Waals surface area contributed by atoms with Crippen LogP contribution in [-0.4, -0.2) is 11.2 Å². The maximum Gasteiger partial charge on any atom is 0.114 e. The van der Waals surface area contributed by atoms with Crippen molar-refractivity contribution < 1.29 is 5.11 Å². The van der Waals surface area contributed by atoms with E-state index in [0.29, 0.717) is 5.92 Å². The van der Waals surface area contributed by atoms with E-state index < -0.39 is 6.10 Å². The van der Waals surface area contributed by atoms with Crippen LogP contribution in [0.2, 0.25) is 0 Å². The van der Waals surface area contributed by atoms with Gasteiger partial charge in [0.15, 0.2) is 0 Å². The first-order chi connectivity index (χ1) is 4.20. The third-order valence-corrected chi connectivity index (χ3v) is 1.51. The summed E-state index contributed by atoms with van der Waals surface area (Å²) in [6, 6.07) is 0. The second kappa shape index (κ2) is 4.40. The van der Waals surface area contributed by atoms with Crippen molar-refractivity contribution in [3.63, 3.8) is 0 Å². The van der Waals surface area contributed by atoms with Crippen molar-refractivity contribution in [1.82, 2.24) is 0 Å². The maximum atomic E-state index is 8.92. The highest BCUT2D eigenvalue weighted by molar-refractivity contribution is 4.93. The molecule has 0 aliphatic rings. The minimum atomic E-state index is -0.542. The number of terminal acetylenes is 1. The zero-order chi connectivity index (χ0) is 7.28. The normalized spacial score (nSPS) is 16.2. The summed E-state index contributed by atoms with van der Waals surface area (Å²) in [5.74, 6) is 2.82. The van der Waals surface area contributed by atoms with Crippen LogP contribution in [0.15, 0.2) is 0 Å². The summed E-state index contributed by atoms with van der Waals surface area (Å²) in [6.07, 6.45) is 6.24. The van der Waals surface area contributed by atoms with Crippen LogP contribution in [0, 0.1) is 18.3 Å². The van der Waals surface area contributed by atoms with Crippen molar-refractivity contribution in [3.05, 3.63) is 0 Å². The van der Waals surface area contributed by atoms with E-state index in [4.69, 9.17) is 11.5 Å². The number of aliphatic hydroxyl groups is 1. The largest absolute Gasteiger partial charge is 0.380 e. The van der Waals surface area contributed by atoms with E-state index in [0.717, 1.165) is 12.8 Å². The van der Waals surface area contributed by atoms with Crippen molar-refractivity contribution in [3.8, 4) is 12.3 Å². The topological polar surface area (TPSA) is 20.2 Å². The van der Waals surface area contributed by atoms with Crippen LogP contribution in [-0.2, 0) is 0 Å². The van der Waals surface area contributed by atoms with Crippen molar-refractivity contribution >= 4 is 0 Å². The number of hydrogen-bond acceptors (Lipinski definition) is 1. The minimum absolute atomic E-state index is 0.538. The van der Waals surface area contributed by atoms with Crippen LogP contribution >= 0.6 is 0 Å². The summed E-state index contributed by atoms with van der Waals surface area (Å²) in [5.41, 5.74) is 0. The zero-order valence-electron chi connectivity index (χ0n) is 6.09. The highest BCUT2D eigenvalue weighted by atomic mass is 16.3. The summed E-state index contributed by atoms with van der Waals surface area (Å²) in [6.45, 7) is 4.18. The Bertz CT molecular complexity index is 102.